The molecule has 0 bridgehead atoms. The van der Waals surface area contributed by atoms with Gasteiger partial charge in [0.2, 0.25) is 0 Å². The van der Waals surface area contributed by atoms with Gasteiger partial charge in [0.25, 0.3) is 0 Å². The summed E-state index contributed by atoms with van der Waals surface area (Å²) in [6.07, 6.45) is 8.57. The Morgan fingerprint density at radius 1 is 1.50 bits per heavy atom. The summed E-state index contributed by atoms with van der Waals surface area (Å²) in [4.78, 5) is 19.8. The summed E-state index contributed by atoms with van der Waals surface area (Å²) in [5.41, 5.74) is 0.735. The van der Waals surface area contributed by atoms with E-state index in [1.54, 1.807) is 18.6 Å². The zero-order valence-corrected chi connectivity index (χ0v) is 9.65. The topological polar surface area (TPSA) is 47.8 Å². The van der Waals surface area contributed by atoms with Crippen molar-refractivity contribution < 1.29 is 4.79 Å². The third-order valence-corrected chi connectivity index (χ3v) is 2.96. The van der Waals surface area contributed by atoms with Crippen LogP contribution in [0.15, 0.2) is 42.1 Å². The van der Waals surface area contributed by atoms with E-state index in [0.717, 1.165) is 10.6 Å². The van der Waals surface area contributed by atoms with E-state index in [-0.39, 0.29) is 5.78 Å². The molecule has 0 atom stereocenters. The molecule has 2 aromatic heterocycles. The molecule has 0 amide bonds. The molecule has 2 rings (SSSR count). The van der Waals surface area contributed by atoms with Crippen LogP contribution in [0.2, 0.25) is 0 Å². The van der Waals surface area contributed by atoms with Gasteiger partial charge in [-0.2, -0.15) is 0 Å². The van der Waals surface area contributed by atoms with Gasteiger partial charge in [0.1, 0.15) is 5.03 Å². The molecule has 0 saturated carbocycles. The van der Waals surface area contributed by atoms with Crippen molar-refractivity contribution in [3.8, 4) is 0 Å². The second-order valence-corrected chi connectivity index (χ2v) is 4.32. The first kappa shape index (κ1) is 10.9. The van der Waals surface area contributed by atoms with Crippen molar-refractivity contribution in [1.82, 2.24) is 14.5 Å². The molecule has 4 nitrogen and oxygen atoms in total. The van der Waals surface area contributed by atoms with E-state index in [4.69, 9.17) is 0 Å². The highest BCUT2D eigenvalue weighted by Gasteiger charge is 2.07. The molecule has 0 radical (unpaired) electrons. The number of aromatic nitrogens is 3. The summed E-state index contributed by atoms with van der Waals surface area (Å²) in [5, 5.41) is 0.770. The highest BCUT2D eigenvalue weighted by molar-refractivity contribution is 7.99. The summed E-state index contributed by atoms with van der Waals surface area (Å²) >= 11 is 1.40. The van der Waals surface area contributed by atoms with Gasteiger partial charge in [-0.1, -0.05) is 11.8 Å². The van der Waals surface area contributed by atoms with Crippen LogP contribution >= 0.6 is 11.8 Å². The lowest BCUT2D eigenvalue weighted by Crippen LogP contribution is -2.01. The van der Waals surface area contributed by atoms with Crippen LogP contribution < -0.4 is 0 Å². The van der Waals surface area contributed by atoms with E-state index in [9.17, 15) is 4.79 Å². The van der Waals surface area contributed by atoms with E-state index >= 15 is 0 Å². The molecule has 0 aliphatic heterocycles. The predicted molar refractivity (Wildman–Crippen MR) is 62.5 cm³/mol. The Morgan fingerprint density at radius 2 is 2.38 bits per heavy atom. The van der Waals surface area contributed by atoms with Crippen LogP contribution in [0.1, 0.15) is 10.4 Å². The molecule has 2 heterocycles. The number of carbonyl (C=O) groups excluding carboxylic acids is 1. The Labute approximate surface area is 97.7 Å². The monoisotopic (exact) mass is 233 g/mol. The molecule has 5 heteroatoms. The van der Waals surface area contributed by atoms with Gasteiger partial charge in [-0.15, -0.1) is 0 Å². The van der Waals surface area contributed by atoms with Crippen molar-refractivity contribution >= 4 is 17.5 Å². The van der Waals surface area contributed by atoms with Crippen molar-refractivity contribution in [2.45, 2.75) is 5.03 Å². The first-order chi connectivity index (χ1) is 7.75. The maximum absolute atomic E-state index is 11.7. The van der Waals surface area contributed by atoms with Gasteiger partial charge < -0.3 is 4.57 Å². The van der Waals surface area contributed by atoms with Gasteiger partial charge in [-0.25, -0.2) is 4.98 Å². The maximum atomic E-state index is 11.7. The average Bonchev–Trinajstić information content (AvgIpc) is 2.74. The number of ketones is 1. The first-order valence-electron chi connectivity index (χ1n) is 4.79. The fourth-order valence-corrected chi connectivity index (χ4v) is 1.97. The number of hydrogen-bond acceptors (Lipinski definition) is 4. The van der Waals surface area contributed by atoms with Crippen LogP contribution in [0.5, 0.6) is 0 Å². The lowest BCUT2D eigenvalue weighted by atomic mass is 10.2. The summed E-state index contributed by atoms with van der Waals surface area (Å²) in [6, 6.07) is 1.82. The lowest BCUT2D eigenvalue weighted by Gasteiger charge is -1.97. The second kappa shape index (κ2) is 4.94. The van der Waals surface area contributed by atoms with Crippen LogP contribution in [0.4, 0.5) is 0 Å². The molecule has 2 aromatic rings. The molecule has 0 spiro atoms. The molecule has 0 fully saturated rings. The number of rotatable bonds is 4. The highest BCUT2D eigenvalue weighted by Crippen LogP contribution is 2.15. The first-order valence-corrected chi connectivity index (χ1v) is 5.78. The summed E-state index contributed by atoms with van der Waals surface area (Å²) < 4.78 is 1.86. The van der Waals surface area contributed by atoms with Crippen LogP contribution in [0.25, 0.3) is 0 Å². The third-order valence-electron chi connectivity index (χ3n) is 2.04. The van der Waals surface area contributed by atoms with Crippen molar-refractivity contribution in [3.63, 3.8) is 0 Å². The van der Waals surface area contributed by atoms with Gasteiger partial charge in [0, 0.05) is 37.4 Å². The van der Waals surface area contributed by atoms with Gasteiger partial charge >= 0.3 is 0 Å². The Kier molecular flexibility index (Phi) is 3.36. The molecule has 0 unspecified atom stereocenters. The molecule has 0 aliphatic rings. The fourth-order valence-electron chi connectivity index (χ4n) is 1.25. The molecule has 0 N–H and O–H groups in total. The van der Waals surface area contributed by atoms with Crippen molar-refractivity contribution in [3.05, 3.63) is 42.6 Å². The van der Waals surface area contributed by atoms with Gasteiger partial charge in [0.15, 0.2) is 5.78 Å². The lowest BCUT2D eigenvalue weighted by molar-refractivity contribution is 0.102. The van der Waals surface area contributed by atoms with E-state index in [0.29, 0.717) is 5.75 Å². The van der Waals surface area contributed by atoms with Gasteiger partial charge in [0.05, 0.1) is 11.9 Å². The number of Topliss-reactive ketones (excluding diaryl/α,β-unsaturated/α-hetero) is 1. The van der Waals surface area contributed by atoms with Crippen LogP contribution in [0.3, 0.4) is 0 Å². The zero-order valence-electron chi connectivity index (χ0n) is 8.83. The summed E-state index contributed by atoms with van der Waals surface area (Å²) in [6.45, 7) is 0. The van der Waals surface area contributed by atoms with E-state index in [2.05, 4.69) is 9.97 Å². The van der Waals surface area contributed by atoms with Crippen LogP contribution in [-0.2, 0) is 7.05 Å². The number of thioether (sulfide) groups is 1. The molecule has 0 aromatic carbocycles. The van der Waals surface area contributed by atoms with Gasteiger partial charge in [-0.05, 0) is 6.07 Å². The Hall–Kier alpha value is -1.62. The Morgan fingerprint density at radius 3 is 3.00 bits per heavy atom. The normalized spacial score (nSPS) is 10.3. The zero-order chi connectivity index (χ0) is 11.4. The van der Waals surface area contributed by atoms with E-state index in [1.807, 2.05) is 30.1 Å². The minimum absolute atomic E-state index is 0.108. The third kappa shape index (κ3) is 2.70. The predicted octanol–water partition coefficient (Wildman–Crippen LogP) is 1.79. The molecular weight excluding hydrogens is 222 g/mol. The van der Waals surface area contributed by atoms with E-state index in [1.165, 1.54) is 11.8 Å². The molecular formula is C11H11N3OS. The van der Waals surface area contributed by atoms with Crippen molar-refractivity contribution in [1.29, 1.82) is 0 Å². The molecule has 0 saturated heterocycles. The Balaban J connectivity index is 1.94. The smallest absolute Gasteiger partial charge is 0.174 e. The Bertz CT molecular complexity index is 481. The summed E-state index contributed by atoms with van der Waals surface area (Å²) in [5.74, 6) is 0.499. The number of carbonyl (C=O) groups is 1. The highest BCUT2D eigenvalue weighted by atomic mass is 32.2. The van der Waals surface area contributed by atoms with Crippen LogP contribution in [0, 0.1) is 0 Å². The summed E-state index contributed by atoms with van der Waals surface area (Å²) in [7, 11) is 1.90. The standard InChI is InChI=1S/C11H11N3OS/c1-14-5-2-9(7-14)10(15)8-16-11-6-12-3-4-13-11/h2-7H,8H2,1H3. The SMILES string of the molecule is Cn1ccc(C(=O)CSc2cnccn2)c1. The molecule has 16 heavy (non-hydrogen) atoms. The molecule has 82 valence electrons. The largest absolute Gasteiger partial charge is 0.357 e. The van der Waals surface area contributed by atoms with Crippen molar-refractivity contribution in [2.24, 2.45) is 7.05 Å². The minimum Gasteiger partial charge on any atom is -0.357 e. The number of aryl methyl sites for hydroxylation is 1. The minimum atomic E-state index is 0.108. The van der Waals surface area contributed by atoms with E-state index < -0.39 is 0 Å². The average molecular weight is 233 g/mol. The molecule has 0 aliphatic carbocycles. The number of nitrogens with zero attached hydrogens (tertiary/aromatic N) is 3. The fraction of sp³-hybridized carbons (Fsp3) is 0.182. The number of hydrogen-bond donors (Lipinski definition) is 0. The van der Waals surface area contributed by atoms with Crippen LogP contribution in [-0.4, -0.2) is 26.1 Å². The van der Waals surface area contributed by atoms with Gasteiger partial charge in [-0.3, -0.25) is 9.78 Å². The van der Waals surface area contributed by atoms with Crippen molar-refractivity contribution in [2.75, 3.05) is 5.75 Å². The quantitative estimate of drug-likeness (QED) is 0.596. The second-order valence-electron chi connectivity index (χ2n) is 3.32. The maximum Gasteiger partial charge on any atom is 0.174 e.